The number of carbonyl (C=O) groups is 2. The molecule has 0 saturated carbocycles. The fourth-order valence-corrected chi connectivity index (χ4v) is 3.44. The van der Waals surface area contributed by atoms with Crippen LogP contribution in [0.25, 0.3) is 0 Å². The molecule has 1 atom stereocenters. The normalized spacial score (nSPS) is 16.2. The number of para-hydroxylation sites is 1. The molecule has 26 heavy (non-hydrogen) atoms. The average molecular weight is 352 g/mol. The van der Waals surface area contributed by atoms with Crippen LogP contribution in [0.4, 0.5) is 5.69 Å². The molecule has 0 aliphatic carbocycles. The van der Waals surface area contributed by atoms with Gasteiger partial charge in [0.05, 0.1) is 26.2 Å². The van der Waals surface area contributed by atoms with Gasteiger partial charge in [-0.25, -0.2) is 0 Å². The van der Waals surface area contributed by atoms with Gasteiger partial charge < -0.3 is 14.7 Å². The van der Waals surface area contributed by atoms with Gasteiger partial charge in [0, 0.05) is 18.3 Å². The Morgan fingerprint density at radius 1 is 0.962 bits per heavy atom. The molecule has 5 nitrogen and oxygen atoms in total. The van der Waals surface area contributed by atoms with E-state index < -0.39 is 0 Å². The highest BCUT2D eigenvalue weighted by Gasteiger charge is 2.32. The van der Waals surface area contributed by atoms with Crippen LogP contribution in [0, 0.1) is 0 Å². The van der Waals surface area contributed by atoms with Crippen LogP contribution in [0.15, 0.2) is 60.7 Å². The summed E-state index contributed by atoms with van der Waals surface area (Å²) in [5.74, 6) is 0.180. The second-order valence-corrected chi connectivity index (χ2v) is 6.77. The highest BCUT2D eigenvalue weighted by atomic mass is 16.2. The fraction of sp³-hybridized carbons (Fsp3) is 0.333. The first-order chi connectivity index (χ1) is 12.6. The van der Waals surface area contributed by atoms with E-state index >= 15 is 0 Å². The minimum Gasteiger partial charge on any atom is -0.327 e. The van der Waals surface area contributed by atoms with E-state index in [0.29, 0.717) is 13.1 Å². The first kappa shape index (κ1) is 18.1. The highest BCUT2D eigenvalue weighted by molar-refractivity contribution is 5.95. The molecule has 2 aromatic rings. The van der Waals surface area contributed by atoms with Crippen LogP contribution in [-0.4, -0.2) is 56.0 Å². The number of rotatable bonds is 4. The lowest BCUT2D eigenvalue weighted by atomic mass is 10.1. The van der Waals surface area contributed by atoms with Gasteiger partial charge in [0.2, 0.25) is 0 Å². The topological polar surface area (TPSA) is 45.1 Å². The zero-order valence-corrected chi connectivity index (χ0v) is 15.4. The van der Waals surface area contributed by atoms with Crippen LogP contribution < -0.4 is 9.80 Å². The Bertz CT molecular complexity index is 740. The minimum atomic E-state index is -0.130. The van der Waals surface area contributed by atoms with E-state index in [2.05, 4.69) is 0 Å². The third-order valence-electron chi connectivity index (χ3n) is 5.17. The van der Waals surface area contributed by atoms with Crippen molar-refractivity contribution >= 4 is 17.5 Å². The van der Waals surface area contributed by atoms with Crippen molar-refractivity contribution < 1.29 is 14.5 Å². The number of hydrogen-bond acceptors (Lipinski definition) is 2. The van der Waals surface area contributed by atoms with E-state index in [0.717, 1.165) is 24.3 Å². The Balaban J connectivity index is 1.57. The van der Waals surface area contributed by atoms with Gasteiger partial charge in [0.25, 0.3) is 11.8 Å². The molecule has 136 valence electrons. The fourth-order valence-electron chi connectivity index (χ4n) is 3.44. The van der Waals surface area contributed by atoms with Crippen LogP contribution in [0.5, 0.6) is 0 Å². The monoisotopic (exact) mass is 352 g/mol. The first-order valence-corrected chi connectivity index (χ1v) is 9.09. The van der Waals surface area contributed by atoms with Gasteiger partial charge in [0.15, 0.2) is 6.04 Å². The minimum absolute atomic E-state index is 0.0741. The number of likely N-dealkylation sites (N-methyl/N-ethyl adjacent to an activating group) is 1. The van der Waals surface area contributed by atoms with E-state index in [1.807, 2.05) is 79.5 Å². The number of nitrogens with zero attached hydrogens (tertiary/aromatic N) is 2. The summed E-state index contributed by atoms with van der Waals surface area (Å²) in [4.78, 5) is 30.2. The Hall–Kier alpha value is -2.66. The second-order valence-electron chi connectivity index (χ2n) is 6.77. The molecule has 1 heterocycles. The number of hydrogen-bond donors (Lipinski definition) is 1. The molecular weight excluding hydrogens is 326 g/mol. The molecule has 0 unspecified atom stereocenters. The van der Waals surface area contributed by atoms with Gasteiger partial charge in [-0.3, -0.25) is 9.59 Å². The standard InChI is InChI=1S/C21H25N3O2/c1-17(20(25)22(2)19-11-7-4-8-12-19)23-13-15-24(16-14-23)21(26)18-9-5-3-6-10-18/h3-12,17H,13-16H2,1-2H3/p+1/t17-/m1/s1. The Morgan fingerprint density at radius 3 is 2.08 bits per heavy atom. The SMILES string of the molecule is C[C@H](C(=O)N(C)c1ccccc1)[NH+]1CCN(C(=O)c2ccccc2)CC1. The largest absolute Gasteiger partial charge is 0.327 e. The molecule has 1 aliphatic rings. The summed E-state index contributed by atoms with van der Waals surface area (Å²) in [5, 5.41) is 0. The van der Waals surface area contributed by atoms with E-state index in [1.54, 1.807) is 4.90 Å². The Labute approximate surface area is 154 Å². The van der Waals surface area contributed by atoms with Gasteiger partial charge in [-0.1, -0.05) is 36.4 Å². The van der Waals surface area contributed by atoms with Crippen LogP contribution in [0.1, 0.15) is 17.3 Å². The van der Waals surface area contributed by atoms with Crippen molar-refractivity contribution in [1.82, 2.24) is 4.90 Å². The number of quaternary nitrogens is 1. The van der Waals surface area contributed by atoms with Crippen molar-refractivity contribution in [2.24, 2.45) is 0 Å². The molecule has 1 fully saturated rings. The van der Waals surface area contributed by atoms with Crippen molar-refractivity contribution in [1.29, 1.82) is 0 Å². The molecule has 0 radical (unpaired) electrons. The zero-order chi connectivity index (χ0) is 18.5. The molecule has 1 saturated heterocycles. The van der Waals surface area contributed by atoms with Crippen molar-refractivity contribution in [2.75, 3.05) is 38.1 Å². The average Bonchev–Trinajstić information content (AvgIpc) is 2.73. The molecule has 3 rings (SSSR count). The molecule has 2 amide bonds. The summed E-state index contributed by atoms with van der Waals surface area (Å²) in [6, 6.07) is 18.9. The van der Waals surface area contributed by atoms with Gasteiger partial charge in [-0.05, 0) is 31.2 Å². The second kappa shape index (κ2) is 8.15. The number of amides is 2. The molecule has 0 bridgehead atoms. The maximum Gasteiger partial charge on any atom is 0.284 e. The predicted octanol–water partition coefficient (Wildman–Crippen LogP) is 1.08. The number of carbonyl (C=O) groups excluding carboxylic acids is 2. The molecule has 0 aromatic heterocycles. The van der Waals surface area contributed by atoms with Crippen molar-refractivity contribution in [3.63, 3.8) is 0 Å². The molecule has 1 N–H and O–H groups in total. The molecule has 0 spiro atoms. The van der Waals surface area contributed by atoms with Crippen LogP contribution in [-0.2, 0) is 4.79 Å². The van der Waals surface area contributed by atoms with Crippen molar-refractivity contribution in [3.8, 4) is 0 Å². The van der Waals surface area contributed by atoms with Gasteiger partial charge in [-0.2, -0.15) is 0 Å². The first-order valence-electron chi connectivity index (χ1n) is 9.09. The number of anilines is 1. The summed E-state index contributed by atoms with van der Waals surface area (Å²) < 4.78 is 0. The summed E-state index contributed by atoms with van der Waals surface area (Å²) in [6.45, 7) is 4.90. The Kier molecular flexibility index (Phi) is 5.68. The van der Waals surface area contributed by atoms with Gasteiger partial charge in [-0.15, -0.1) is 0 Å². The molecule has 5 heteroatoms. The summed E-state index contributed by atoms with van der Waals surface area (Å²) >= 11 is 0. The third-order valence-corrected chi connectivity index (χ3v) is 5.17. The highest BCUT2D eigenvalue weighted by Crippen LogP contribution is 2.12. The quantitative estimate of drug-likeness (QED) is 0.895. The van der Waals surface area contributed by atoms with E-state index in [-0.39, 0.29) is 17.9 Å². The van der Waals surface area contributed by atoms with Gasteiger partial charge in [0.1, 0.15) is 0 Å². The van der Waals surface area contributed by atoms with E-state index in [4.69, 9.17) is 0 Å². The molecule has 2 aromatic carbocycles. The lowest BCUT2D eigenvalue weighted by Gasteiger charge is -2.36. The van der Waals surface area contributed by atoms with Crippen LogP contribution in [0.3, 0.4) is 0 Å². The predicted molar refractivity (Wildman–Crippen MR) is 102 cm³/mol. The van der Waals surface area contributed by atoms with Crippen molar-refractivity contribution in [3.05, 3.63) is 66.2 Å². The molecular formula is C21H26N3O2+. The number of benzene rings is 2. The molecule has 1 aliphatic heterocycles. The Morgan fingerprint density at radius 2 is 1.50 bits per heavy atom. The summed E-state index contributed by atoms with van der Waals surface area (Å²) in [5.41, 5.74) is 1.63. The summed E-state index contributed by atoms with van der Waals surface area (Å²) in [7, 11) is 1.82. The smallest absolute Gasteiger partial charge is 0.284 e. The van der Waals surface area contributed by atoms with Crippen LogP contribution in [0.2, 0.25) is 0 Å². The number of piperazine rings is 1. The van der Waals surface area contributed by atoms with Crippen LogP contribution >= 0.6 is 0 Å². The van der Waals surface area contributed by atoms with Gasteiger partial charge >= 0.3 is 0 Å². The number of nitrogens with one attached hydrogen (secondary N) is 1. The van der Waals surface area contributed by atoms with Crippen molar-refractivity contribution in [2.45, 2.75) is 13.0 Å². The third kappa shape index (κ3) is 3.94. The lowest BCUT2D eigenvalue weighted by Crippen LogP contribution is -3.19. The van der Waals surface area contributed by atoms with E-state index in [1.165, 1.54) is 4.90 Å². The van der Waals surface area contributed by atoms with E-state index in [9.17, 15) is 9.59 Å². The zero-order valence-electron chi connectivity index (χ0n) is 15.4. The maximum absolute atomic E-state index is 12.8. The summed E-state index contributed by atoms with van der Waals surface area (Å²) in [6.07, 6.45) is 0. The maximum atomic E-state index is 12.8. The lowest BCUT2D eigenvalue weighted by molar-refractivity contribution is -0.917.